The summed E-state index contributed by atoms with van der Waals surface area (Å²) in [5.74, 6) is 0.246. The molecule has 1 aromatic carbocycles. The number of quaternary nitrogens is 1. The molecule has 1 aromatic heterocycles. The Morgan fingerprint density at radius 3 is 2.93 bits per heavy atom. The van der Waals surface area contributed by atoms with Crippen LogP contribution in [0.25, 0.3) is 10.2 Å². The van der Waals surface area contributed by atoms with E-state index in [1.54, 1.807) is 16.2 Å². The average Bonchev–Trinajstić information content (AvgIpc) is 3.18. The summed E-state index contributed by atoms with van der Waals surface area (Å²) in [5, 5.41) is 1.19. The van der Waals surface area contributed by atoms with E-state index in [9.17, 15) is 9.59 Å². The van der Waals surface area contributed by atoms with Gasteiger partial charge in [-0.1, -0.05) is 12.1 Å². The first-order valence-corrected chi connectivity index (χ1v) is 11.6. The third kappa shape index (κ3) is 4.61. The van der Waals surface area contributed by atoms with Gasteiger partial charge in [-0.05, 0) is 51.2 Å². The van der Waals surface area contributed by atoms with E-state index >= 15 is 0 Å². The zero-order chi connectivity index (χ0) is 20.2. The fourth-order valence-corrected chi connectivity index (χ4v) is 5.72. The fourth-order valence-electron chi connectivity index (χ4n) is 4.62. The largest absolute Gasteiger partial charge is 0.464 e. The molecular weight excluding hydrogens is 386 g/mol. The Hall–Kier alpha value is -1.99. The first-order valence-electron chi connectivity index (χ1n) is 10.8. The lowest BCUT2D eigenvalue weighted by Gasteiger charge is -2.35. The number of amides is 1. The zero-order valence-electron chi connectivity index (χ0n) is 17.1. The highest BCUT2D eigenvalue weighted by Gasteiger charge is 2.36. The number of fused-ring (bicyclic) bond motifs is 1. The third-order valence-corrected chi connectivity index (χ3v) is 7.26. The van der Waals surface area contributed by atoms with Crippen molar-refractivity contribution in [2.45, 2.75) is 51.0 Å². The molecule has 2 saturated heterocycles. The first kappa shape index (κ1) is 20.3. The normalized spacial score (nSPS) is 25.1. The molecule has 0 radical (unpaired) electrons. The zero-order valence-corrected chi connectivity index (χ0v) is 17.9. The lowest BCUT2D eigenvalue weighted by Crippen LogP contribution is -3.14. The number of nitrogens with one attached hydrogen (secondary N) is 1. The van der Waals surface area contributed by atoms with Crippen molar-refractivity contribution >= 4 is 33.4 Å². The number of nitrogens with zero attached hydrogens (tertiary/aromatic N) is 2. The van der Waals surface area contributed by atoms with Crippen molar-refractivity contribution in [2.75, 3.05) is 32.8 Å². The maximum absolute atomic E-state index is 13.1. The number of esters is 1. The number of hydrogen-bond donors (Lipinski definition) is 1. The third-order valence-electron chi connectivity index (χ3n) is 6.06. The number of rotatable bonds is 5. The number of carbonyl (C=O) groups excluding carboxylic acids is 2. The molecule has 2 aliphatic rings. The van der Waals surface area contributed by atoms with Crippen molar-refractivity contribution in [3.63, 3.8) is 0 Å². The second-order valence-electron chi connectivity index (χ2n) is 8.09. The highest BCUT2D eigenvalue weighted by molar-refractivity contribution is 7.18. The molecule has 2 aromatic rings. The van der Waals surface area contributed by atoms with E-state index in [4.69, 9.17) is 9.72 Å². The van der Waals surface area contributed by atoms with Gasteiger partial charge in [0.2, 0.25) is 0 Å². The molecular formula is C22H30N3O3S+. The van der Waals surface area contributed by atoms with Crippen LogP contribution in [0.2, 0.25) is 0 Å². The van der Waals surface area contributed by atoms with Crippen LogP contribution in [0.15, 0.2) is 24.3 Å². The first-order chi connectivity index (χ1) is 14.2. The van der Waals surface area contributed by atoms with Gasteiger partial charge in [0.15, 0.2) is 6.54 Å². The number of carbonyl (C=O) groups is 2. The van der Waals surface area contributed by atoms with Crippen LogP contribution in [0.1, 0.15) is 50.0 Å². The molecule has 1 unspecified atom stereocenters. The van der Waals surface area contributed by atoms with Gasteiger partial charge in [0.1, 0.15) is 11.0 Å². The van der Waals surface area contributed by atoms with Crippen molar-refractivity contribution in [2.24, 2.45) is 0 Å². The molecule has 0 saturated carbocycles. The standard InChI is InChI=1S/C22H29N3O3S/c1-2-28-22(27)18-10-5-6-13-25(18)20(26)15-24-12-7-8-16(14-24)21-23-17-9-3-4-11-19(17)29-21/h3-4,9,11,16,18H,2,5-8,10,12-15H2,1H3/p+1/t16-,18-/m0/s1. The SMILES string of the molecule is CCOC(=O)[C@@H]1CCCCN1C(=O)C[NH+]1CCC[C@H](c2nc3ccccc3s2)C1. The number of ether oxygens (including phenoxy) is 1. The minimum Gasteiger partial charge on any atom is -0.464 e. The number of thiazole rings is 1. The topological polar surface area (TPSA) is 63.9 Å². The van der Waals surface area contributed by atoms with E-state index in [1.165, 1.54) is 14.6 Å². The van der Waals surface area contributed by atoms with Crippen molar-refractivity contribution in [3.8, 4) is 0 Å². The molecule has 0 aliphatic carbocycles. The van der Waals surface area contributed by atoms with Crippen LogP contribution in [-0.2, 0) is 14.3 Å². The molecule has 0 spiro atoms. The number of piperidine rings is 2. The van der Waals surface area contributed by atoms with Crippen LogP contribution in [0.3, 0.4) is 0 Å². The van der Waals surface area contributed by atoms with Gasteiger partial charge in [0.05, 0.1) is 35.8 Å². The minimum absolute atomic E-state index is 0.0858. The smallest absolute Gasteiger partial charge is 0.328 e. The van der Waals surface area contributed by atoms with Gasteiger partial charge in [0, 0.05) is 6.54 Å². The predicted molar refractivity (Wildman–Crippen MR) is 113 cm³/mol. The molecule has 1 N–H and O–H groups in total. The molecule has 3 heterocycles. The van der Waals surface area contributed by atoms with Crippen LogP contribution in [-0.4, -0.2) is 60.6 Å². The van der Waals surface area contributed by atoms with Crippen LogP contribution in [0.5, 0.6) is 0 Å². The van der Waals surface area contributed by atoms with Crippen LogP contribution in [0.4, 0.5) is 0 Å². The molecule has 2 aliphatic heterocycles. The molecule has 29 heavy (non-hydrogen) atoms. The van der Waals surface area contributed by atoms with Gasteiger partial charge >= 0.3 is 5.97 Å². The highest BCUT2D eigenvalue weighted by Crippen LogP contribution is 2.30. The Bertz CT molecular complexity index is 835. The van der Waals surface area contributed by atoms with Crippen molar-refractivity contribution in [3.05, 3.63) is 29.3 Å². The van der Waals surface area contributed by atoms with E-state index in [0.717, 1.165) is 44.3 Å². The molecule has 156 valence electrons. The van der Waals surface area contributed by atoms with E-state index in [-0.39, 0.29) is 11.9 Å². The number of likely N-dealkylation sites (tertiary alicyclic amines) is 2. The minimum atomic E-state index is -0.402. The summed E-state index contributed by atoms with van der Waals surface area (Å²) in [6.07, 6.45) is 4.89. The summed E-state index contributed by atoms with van der Waals surface area (Å²) in [6.45, 7) is 5.23. The fraction of sp³-hybridized carbons (Fsp3) is 0.591. The van der Waals surface area contributed by atoms with Crippen molar-refractivity contribution in [1.29, 1.82) is 0 Å². The van der Waals surface area contributed by atoms with Gasteiger partial charge in [-0.3, -0.25) is 4.79 Å². The molecule has 0 bridgehead atoms. The van der Waals surface area contributed by atoms with Crippen molar-refractivity contribution in [1.82, 2.24) is 9.88 Å². The number of aromatic nitrogens is 1. The predicted octanol–water partition coefficient (Wildman–Crippen LogP) is 2.00. The summed E-state index contributed by atoms with van der Waals surface area (Å²) >= 11 is 1.78. The quantitative estimate of drug-likeness (QED) is 0.758. The summed E-state index contributed by atoms with van der Waals surface area (Å²) < 4.78 is 6.44. The van der Waals surface area contributed by atoms with Crippen LogP contribution >= 0.6 is 11.3 Å². The lowest BCUT2D eigenvalue weighted by atomic mass is 9.98. The molecule has 3 atom stereocenters. The van der Waals surface area contributed by atoms with Crippen LogP contribution < -0.4 is 4.90 Å². The molecule has 7 heteroatoms. The summed E-state index contributed by atoms with van der Waals surface area (Å²) in [5.41, 5.74) is 1.07. The maximum atomic E-state index is 13.1. The number of para-hydroxylation sites is 1. The summed E-state index contributed by atoms with van der Waals surface area (Å²) in [6, 6.07) is 7.87. The van der Waals surface area contributed by atoms with Gasteiger partial charge < -0.3 is 14.5 Å². The van der Waals surface area contributed by atoms with E-state index in [2.05, 4.69) is 18.2 Å². The van der Waals surface area contributed by atoms with Gasteiger partial charge in [-0.15, -0.1) is 11.3 Å². The van der Waals surface area contributed by atoms with Crippen molar-refractivity contribution < 1.29 is 19.2 Å². The lowest BCUT2D eigenvalue weighted by molar-refractivity contribution is -0.898. The summed E-state index contributed by atoms with van der Waals surface area (Å²) in [7, 11) is 0. The van der Waals surface area contributed by atoms with Gasteiger partial charge in [0.25, 0.3) is 5.91 Å². The average molecular weight is 417 g/mol. The second kappa shape index (κ2) is 9.22. The Labute approximate surface area is 175 Å². The summed E-state index contributed by atoms with van der Waals surface area (Å²) in [4.78, 5) is 33.3. The van der Waals surface area contributed by atoms with E-state index in [0.29, 0.717) is 32.0 Å². The molecule has 2 fully saturated rings. The monoisotopic (exact) mass is 416 g/mol. The van der Waals surface area contributed by atoms with Crippen LogP contribution in [0, 0.1) is 0 Å². The highest BCUT2D eigenvalue weighted by atomic mass is 32.1. The molecule has 1 amide bonds. The molecule has 6 nitrogen and oxygen atoms in total. The van der Waals surface area contributed by atoms with E-state index < -0.39 is 6.04 Å². The second-order valence-corrected chi connectivity index (χ2v) is 9.15. The number of hydrogen-bond acceptors (Lipinski definition) is 5. The Morgan fingerprint density at radius 2 is 2.10 bits per heavy atom. The van der Waals surface area contributed by atoms with Gasteiger partial charge in [-0.25, -0.2) is 9.78 Å². The molecule has 4 rings (SSSR count). The Kier molecular flexibility index (Phi) is 6.45. The Balaban J connectivity index is 1.40. The Morgan fingerprint density at radius 1 is 1.24 bits per heavy atom. The van der Waals surface area contributed by atoms with E-state index in [1.807, 2.05) is 13.0 Å². The number of benzene rings is 1. The maximum Gasteiger partial charge on any atom is 0.328 e. The van der Waals surface area contributed by atoms with Gasteiger partial charge in [-0.2, -0.15) is 0 Å².